The van der Waals surface area contributed by atoms with Gasteiger partial charge in [-0.3, -0.25) is 4.79 Å². The van der Waals surface area contributed by atoms with Crippen LogP contribution < -0.4 is 20.1 Å². The second-order valence-electron chi connectivity index (χ2n) is 9.61. The van der Waals surface area contributed by atoms with E-state index in [9.17, 15) is 4.79 Å². The summed E-state index contributed by atoms with van der Waals surface area (Å²) in [4.78, 5) is 18.2. The number of fused-ring (bicyclic) bond motifs is 1. The van der Waals surface area contributed by atoms with E-state index in [4.69, 9.17) is 9.47 Å². The summed E-state index contributed by atoms with van der Waals surface area (Å²) in [5, 5.41) is 10.8. The van der Waals surface area contributed by atoms with Gasteiger partial charge in [0, 0.05) is 11.4 Å². The Labute approximate surface area is 236 Å². The van der Waals surface area contributed by atoms with Gasteiger partial charge in [-0.1, -0.05) is 42.0 Å². The molecule has 1 unspecified atom stereocenters. The molecule has 8 nitrogen and oxygen atoms in total. The molecule has 5 rings (SSSR count). The third-order valence-electron chi connectivity index (χ3n) is 6.93. The van der Waals surface area contributed by atoms with Crippen LogP contribution in [-0.2, 0) is 11.4 Å². The van der Waals surface area contributed by atoms with E-state index < -0.39 is 6.04 Å². The fourth-order valence-corrected chi connectivity index (χ4v) is 5.34. The number of halogens is 1. The number of rotatable bonds is 7. The van der Waals surface area contributed by atoms with Crippen LogP contribution >= 0.6 is 15.9 Å². The molecule has 1 aliphatic heterocycles. The van der Waals surface area contributed by atoms with Gasteiger partial charge in [-0.2, -0.15) is 10.1 Å². The average Bonchev–Trinajstić information content (AvgIpc) is 3.37. The molecule has 0 spiro atoms. The molecule has 9 heteroatoms. The number of allylic oxidation sites excluding steroid dienone is 1. The van der Waals surface area contributed by atoms with Crippen molar-refractivity contribution in [2.75, 3.05) is 17.7 Å². The van der Waals surface area contributed by atoms with Gasteiger partial charge in [0.2, 0.25) is 5.95 Å². The van der Waals surface area contributed by atoms with E-state index in [1.165, 1.54) is 11.9 Å². The zero-order valence-electron chi connectivity index (χ0n) is 22.5. The van der Waals surface area contributed by atoms with Crippen molar-refractivity contribution in [2.45, 2.75) is 40.3 Å². The number of hydrogen-bond donors (Lipinski definition) is 2. The fraction of sp³-hybridized carbons (Fsp3) is 0.233. The summed E-state index contributed by atoms with van der Waals surface area (Å²) < 4.78 is 14.4. The van der Waals surface area contributed by atoms with Crippen molar-refractivity contribution in [2.24, 2.45) is 0 Å². The molecule has 2 heterocycles. The summed E-state index contributed by atoms with van der Waals surface area (Å²) in [6, 6.07) is 17.3. The Balaban J connectivity index is 1.52. The molecule has 1 amide bonds. The second-order valence-corrected chi connectivity index (χ2v) is 10.5. The molecule has 0 fully saturated rings. The van der Waals surface area contributed by atoms with Gasteiger partial charge in [0.15, 0.2) is 11.5 Å². The Morgan fingerprint density at radius 1 is 1.10 bits per heavy atom. The van der Waals surface area contributed by atoms with Crippen LogP contribution in [-0.4, -0.2) is 27.8 Å². The van der Waals surface area contributed by atoms with Crippen LogP contribution in [0.15, 0.2) is 76.7 Å². The number of carbonyl (C=O) groups excluding carboxylic acids is 1. The SMILES string of the molecule is COc1cc(C2C(C(=O)Nc3cccc(C)c3C)=C(C)Nc3ncnn32)cc(Br)c1OCc1cccc(C)c1. The van der Waals surface area contributed by atoms with Crippen molar-refractivity contribution < 1.29 is 14.3 Å². The number of anilines is 2. The zero-order valence-corrected chi connectivity index (χ0v) is 24.1. The molecule has 0 radical (unpaired) electrons. The molecule has 0 saturated heterocycles. The zero-order chi connectivity index (χ0) is 27.7. The van der Waals surface area contributed by atoms with Gasteiger partial charge in [-0.05, 0) is 84.1 Å². The number of benzene rings is 3. The van der Waals surface area contributed by atoms with Crippen LogP contribution in [0.5, 0.6) is 11.5 Å². The lowest BCUT2D eigenvalue weighted by atomic mass is 9.94. The first kappa shape index (κ1) is 26.5. The van der Waals surface area contributed by atoms with Gasteiger partial charge in [0.25, 0.3) is 5.91 Å². The first-order valence-corrected chi connectivity index (χ1v) is 13.4. The Hall–Kier alpha value is -4.11. The highest BCUT2D eigenvalue weighted by atomic mass is 79.9. The highest BCUT2D eigenvalue weighted by molar-refractivity contribution is 9.10. The van der Waals surface area contributed by atoms with E-state index in [1.54, 1.807) is 11.8 Å². The highest BCUT2D eigenvalue weighted by Gasteiger charge is 2.34. The first-order valence-electron chi connectivity index (χ1n) is 12.6. The van der Waals surface area contributed by atoms with Crippen molar-refractivity contribution in [3.63, 3.8) is 0 Å². The van der Waals surface area contributed by atoms with E-state index >= 15 is 0 Å². The summed E-state index contributed by atoms with van der Waals surface area (Å²) >= 11 is 3.69. The normalized spacial score (nSPS) is 14.5. The van der Waals surface area contributed by atoms with Gasteiger partial charge in [0.05, 0.1) is 17.2 Å². The second kappa shape index (κ2) is 10.9. The van der Waals surface area contributed by atoms with Crippen LogP contribution in [0.1, 0.15) is 40.8 Å². The van der Waals surface area contributed by atoms with Gasteiger partial charge in [0.1, 0.15) is 19.0 Å². The molecule has 39 heavy (non-hydrogen) atoms. The maximum Gasteiger partial charge on any atom is 0.255 e. The molecule has 2 N–H and O–H groups in total. The van der Waals surface area contributed by atoms with E-state index in [1.807, 2.05) is 63.2 Å². The molecule has 0 bridgehead atoms. The van der Waals surface area contributed by atoms with Crippen molar-refractivity contribution in [3.8, 4) is 11.5 Å². The van der Waals surface area contributed by atoms with Crippen molar-refractivity contribution >= 4 is 33.5 Å². The van der Waals surface area contributed by atoms with Crippen LogP contribution in [0.25, 0.3) is 0 Å². The Bertz CT molecular complexity index is 1590. The summed E-state index contributed by atoms with van der Waals surface area (Å²) in [6.45, 7) is 8.33. The van der Waals surface area contributed by atoms with Gasteiger partial charge in [-0.25, -0.2) is 4.68 Å². The molecule has 1 aromatic heterocycles. The average molecular weight is 589 g/mol. The lowest BCUT2D eigenvalue weighted by Crippen LogP contribution is -2.31. The largest absolute Gasteiger partial charge is 0.493 e. The van der Waals surface area contributed by atoms with Crippen LogP contribution in [0.4, 0.5) is 11.6 Å². The van der Waals surface area contributed by atoms with Crippen molar-refractivity contribution in [1.82, 2.24) is 14.8 Å². The molecule has 0 aliphatic carbocycles. The summed E-state index contributed by atoms with van der Waals surface area (Å²) in [5.74, 6) is 1.45. The number of amides is 1. The molecule has 4 aromatic rings. The van der Waals surface area contributed by atoms with Gasteiger partial charge >= 0.3 is 0 Å². The predicted molar refractivity (Wildman–Crippen MR) is 155 cm³/mol. The maximum atomic E-state index is 13.8. The number of ether oxygens (including phenoxy) is 2. The molecule has 3 aromatic carbocycles. The molecular weight excluding hydrogens is 558 g/mol. The number of nitrogens with zero attached hydrogens (tertiary/aromatic N) is 3. The predicted octanol–water partition coefficient (Wildman–Crippen LogP) is 6.48. The third-order valence-corrected chi connectivity index (χ3v) is 7.51. The minimum atomic E-state index is -0.551. The summed E-state index contributed by atoms with van der Waals surface area (Å²) in [6.07, 6.45) is 1.47. The first-order chi connectivity index (χ1) is 18.8. The monoisotopic (exact) mass is 587 g/mol. The number of hydrogen-bond acceptors (Lipinski definition) is 6. The number of nitrogens with one attached hydrogen (secondary N) is 2. The smallest absolute Gasteiger partial charge is 0.255 e. The van der Waals surface area contributed by atoms with Gasteiger partial charge in [-0.15, -0.1) is 0 Å². The summed E-state index contributed by atoms with van der Waals surface area (Å²) in [7, 11) is 1.60. The molecule has 1 aliphatic rings. The molecule has 1 atom stereocenters. The van der Waals surface area contributed by atoms with E-state index in [0.29, 0.717) is 39.8 Å². The molecule has 200 valence electrons. The maximum absolute atomic E-state index is 13.8. The number of methoxy groups -OCH3 is 1. The Morgan fingerprint density at radius 2 is 1.90 bits per heavy atom. The van der Waals surface area contributed by atoms with Gasteiger partial charge < -0.3 is 20.1 Å². The molecular formula is C30H30BrN5O3. The third kappa shape index (κ3) is 5.27. The number of aromatic nitrogens is 3. The van der Waals surface area contributed by atoms with Crippen LogP contribution in [0, 0.1) is 20.8 Å². The van der Waals surface area contributed by atoms with Crippen LogP contribution in [0.2, 0.25) is 0 Å². The van der Waals surface area contributed by atoms with Crippen molar-refractivity contribution in [3.05, 3.63) is 104 Å². The quantitative estimate of drug-likeness (QED) is 0.257. The van der Waals surface area contributed by atoms with E-state index in [-0.39, 0.29) is 5.91 Å². The van der Waals surface area contributed by atoms with Crippen LogP contribution in [0.3, 0.4) is 0 Å². The lowest BCUT2D eigenvalue weighted by Gasteiger charge is -2.29. The topological polar surface area (TPSA) is 90.3 Å². The number of carbonyl (C=O) groups is 1. The summed E-state index contributed by atoms with van der Waals surface area (Å²) in [5.41, 5.74) is 7.12. The standard InChI is InChI=1S/C30H30BrN5O3/c1-17-8-6-10-21(12-17)15-39-28-23(31)13-22(14-25(28)38-5)27-26(20(4)34-30-32-16-33-36(27)30)29(37)35-24-11-7-9-18(2)19(24)3/h6-14,16,27H,15H2,1-5H3,(H,35,37)(H,32,33,34). The Kier molecular flexibility index (Phi) is 7.43. The fourth-order valence-electron chi connectivity index (χ4n) is 4.76. The minimum absolute atomic E-state index is 0.227. The van der Waals surface area contributed by atoms with Crippen molar-refractivity contribution in [1.29, 1.82) is 0 Å². The highest BCUT2D eigenvalue weighted by Crippen LogP contribution is 2.43. The van der Waals surface area contributed by atoms with E-state index in [0.717, 1.165) is 27.9 Å². The van der Waals surface area contributed by atoms with E-state index in [2.05, 4.69) is 55.7 Å². The minimum Gasteiger partial charge on any atom is -0.493 e. The molecule has 0 saturated carbocycles. The Morgan fingerprint density at radius 3 is 2.67 bits per heavy atom. The lowest BCUT2D eigenvalue weighted by molar-refractivity contribution is -0.113. The number of aryl methyl sites for hydroxylation is 2.